The molecule has 1 aliphatic rings. The summed E-state index contributed by atoms with van der Waals surface area (Å²) in [6, 6.07) is 16.5. The molecule has 1 aliphatic heterocycles. The van der Waals surface area contributed by atoms with Gasteiger partial charge in [-0.2, -0.15) is 13.2 Å². The number of rotatable bonds is 4. The van der Waals surface area contributed by atoms with E-state index in [1.165, 1.54) is 0 Å². The topological polar surface area (TPSA) is 91.7 Å². The van der Waals surface area contributed by atoms with Crippen LogP contribution in [0.25, 0.3) is 21.9 Å². The van der Waals surface area contributed by atoms with Crippen molar-refractivity contribution in [1.82, 2.24) is 0 Å². The number of nitrogens with zero attached hydrogens (tertiary/aromatic N) is 1. The van der Waals surface area contributed by atoms with Gasteiger partial charge in [0.2, 0.25) is 0 Å². The number of aliphatic imine (C=N–C) groups is 1. The Labute approximate surface area is 224 Å². The van der Waals surface area contributed by atoms with Crippen LogP contribution >= 0.6 is 0 Å². The fourth-order valence-electron chi connectivity index (χ4n) is 4.92. The number of halogens is 3. The van der Waals surface area contributed by atoms with Crippen molar-refractivity contribution in [1.29, 1.82) is 5.41 Å². The van der Waals surface area contributed by atoms with E-state index >= 15 is 0 Å². The monoisotopic (exact) mass is 531 g/mol. The van der Waals surface area contributed by atoms with Gasteiger partial charge in [0.25, 0.3) is 0 Å². The minimum atomic E-state index is -4.55. The number of aliphatic hydroxyl groups is 1. The molecule has 0 fully saturated rings. The Bertz CT molecular complexity index is 1680. The quantitative estimate of drug-likeness (QED) is 0.255. The summed E-state index contributed by atoms with van der Waals surface area (Å²) in [6.45, 7) is 7.60. The first-order valence-corrected chi connectivity index (χ1v) is 12.4. The molecule has 5 rings (SSSR count). The van der Waals surface area contributed by atoms with Crippen LogP contribution < -0.4 is 10.5 Å². The SMILES string of the molecule is Cc1cc(-c2c3c(cc4cc(C(C)(C)C)cc(Oc5cccc(CO)c5)c24)C(=N)N=C3N)cc(C(F)(F)F)c1. The highest BCUT2D eigenvalue weighted by Crippen LogP contribution is 2.46. The Morgan fingerprint density at radius 2 is 1.69 bits per heavy atom. The second-order valence-electron chi connectivity index (χ2n) is 10.8. The van der Waals surface area contributed by atoms with Crippen molar-refractivity contribution in [2.45, 2.75) is 45.9 Å². The maximum absolute atomic E-state index is 13.9. The molecule has 0 radical (unpaired) electrons. The van der Waals surface area contributed by atoms with Crippen LogP contribution in [0.4, 0.5) is 13.2 Å². The Morgan fingerprint density at radius 3 is 2.36 bits per heavy atom. The van der Waals surface area contributed by atoms with Gasteiger partial charge in [-0.25, -0.2) is 4.99 Å². The van der Waals surface area contributed by atoms with E-state index in [0.29, 0.717) is 55.7 Å². The van der Waals surface area contributed by atoms with E-state index in [-0.39, 0.29) is 23.7 Å². The van der Waals surface area contributed by atoms with Gasteiger partial charge in [-0.3, -0.25) is 5.41 Å². The Morgan fingerprint density at radius 1 is 0.949 bits per heavy atom. The van der Waals surface area contributed by atoms with Gasteiger partial charge in [-0.05, 0) is 76.4 Å². The van der Waals surface area contributed by atoms with Gasteiger partial charge >= 0.3 is 6.18 Å². The van der Waals surface area contributed by atoms with Gasteiger partial charge in [-0.1, -0.05) is 45.0 Å². The highest BCUT2D eigenvalue weighted by atomic mass is 19.4. The molecular weight excluding hydrogens is 503 g/mol. The molecule has 4 aromatic rings. The summed E-state index contributed by atoms with van der Waals surface area (Å²) in [5.74, 6) is 0.908. The minimum Gasteiger partial charge on any atom is -0.457 e. The molecule has 0 spiro atoms. The van der Waals surface area contributed by atoms with Gasteiger partial charge in [-0.15, -0.1) is 0 Å². The maximum atomic E-state index is 13.9. The van der Waals surface area contributed by atoms with Crippen molar-refractivity contribution < 1.29 is 23.0 Å². The molecule has 0 saturated carbocycles. The third kappa shape index (κ3) is 4.88. The maximum Gasteiger partial charge on any atom is 0.416 e. The third-order valence-electron chi connectivity index (χ3n) is 6.81. The number of nitrogens with one attached hydrogen (secondary N) is 1. The van der Waals surface area contributed by atoms with Crippen LogP contribution in [0.3, 0.4) is 0 Å². The summed E-state index contributed by atoms with van der Waals surface area (Å²) in [7, 11) is 0. The lowest BCUT2D eigenvalue weighted by Crippen LogP contribution is -2.14. The molecule has 0 aliphatic carbocycles. The molecule has 4 N–H and O–H groups in total. The van der Waals surface area contributed by atoms with Crippen molar-refractivity contribution in [2.75, 3.05) is 0 Å². The summed E-state index contributed by atoms with van der Waals surface area (Å²) in [6.07, 6.45) is -4.55. The third-order valence-corrected chi connectivity index (χ3v) is 6.81. The zero-order chi connectivity index (χ0) is 28.3. The molecule has 1 heterocycles. The summed E-state index contributed by atoms with van der Waals surface area (Å²) >= 11 is 0. The molecular formula is C31H28F3N3O2. The van der Waals surface area contributed by atoms with Crippen LogP contribution in [0.15, 0.2) is 65.7 Å². The van der Waals surface area contributed by atoms with E-state index in [1.54, 1.807) is 43.3 Å². The summed E-state index contributed by atoms with van der Waals surface area (Å²) in [5.41, 5.74) is 8.82. The highest BCUT2D eigenvalue weighted by molar-refractivity contribution is 6.27. The van der Waals surface area contributed by atoms with Crippen LogP contribution in [-0.2, 0) is 18.2 Å². The number of hydrogen-bond donors (Lipinski definition) is 3. The molecule has 8 heteroatoms. The predicted molar refractivity (Wildman–Crippen MR) is 148 cm³/mol. The van der Waals surface area contributed by atoms with E-state index in [2.05, 4.69) is 25.8 Å². The number of ether oxygens (including phenoxy) is 1. The molecule has 39 heavy (non-hydrogen) atoms. The molecule has 0 amide bonds. The van der Waals surface area contributed by atoms with Crippen LogP contribution in [-0.4, -0.2) is 16.8 Å². The molecule has 0 bridgehead atoms. The number of aryl methyl sites for hydroxylation is 1. The summed E-state index contributed by atoms with van der Waals surface area (Å²) in [5, 5.41) is 19.3. The van der Waals surface area contributed by atoms with E-state index in [4.69, 9.17) is 15.9 Å². The first kappa shape index (κ1) is 26.4. The number of amidine groups is 2. The number of alkyl halides is 3. The van der Waals surface area contributed by atoms with Crippen LogP contribution in [0.1, 0.15) is 54.2 Å². The van der Waals surface area contributed by atoms with E-state index in [1.807, 2.05) is 12.1 Å². The van der Waals surface area contributed by atoms with Gasteiger partial charge in [0.05, 0.1) is 12.2 Å². The van der Waals surface area contributed by atoms with E-state index in [9.17, 15) is 18.3 Å². The Hall–Kier alpha value is -4.17. The minimum absolute atomic E-state index is 0.0476. The van der Waals surface area contributed by atoms with Crippen molar-refractivity contribution in [3.05, 3.63) is 94.0 Å². The van der Waals surface area contributed by atoms with Crippen LogP contribution in [0, 0.1) is 12.3 Å². The lowest BCUT2D eigenvalue weighted by Gasteiger charge is -2.24. The van der Waals surface area contributed by atoms with Gasteiger partial charge in [0.15, 0.2) is 5.84 Å². The number of fused-ring (bicyclic) bond motifs is 2. The van der Waals surface area contributed by atoms with Gasteiger partial charge < -0.3 is 15.6 Å². The average Bonchev–Trinajstić information content (AvgIpc) is 3.14. The molecule has 0 atom stereocenters. The van der Waals surface area contributed by atoms with Crippen molar-refractivity contribution >= 4 is 22.4 Å². The lowest BCUT2D eigenvalue weighted by atomic mass is 9.82. The van der Waals surface area contributed by atoms with E-state index < -0.39 is 11.7 Å². The van der Waals surface area contributed by atoms with Crippen molar-refractivity contribution in [3.63, 3.8) is 0 Å². The van der Waals surface area contributed by atoms with Crippen LogP contribution in [0.5, 0.6) is 11.5 Å². The second kappa shape index (κ2) is 9.24. The predicted octanol–water partition coefficient (Wildman–Crippen LogP) is 7.46. The zero-order valence-electron chi connectivity index (χ0n) is 22.0. The number of benzene rings is 4. The molecule has 0 aromatic heterocycles. The zero-order valence-corrected chi connectivity index (χ0v) is 22.0. The Balaban J connectivity index is 1.92. The average molecular weight is 532 g/mol. The fraction of sp³-hybridized carbons (Fsp3) is 0.226. The fourth-order valence-corrected chi connectivity index (χ4v) is 4.92. The van der Waals surface area contributed by atoms with Crippen LogP contribution in [0.2, 0.25) is 0 Å². The molecule has 0 saturated heterocycles. The van der Waals surface area contributed by atoms with Crippen molar-refractivity contribution in [2.24, 2.45) is 10.7 Å². The Kier molecular flexibility index (Phi) is 6.26. The first-order valence-electron chi connectivity index (χ1n) is 12.4. The largest absolute Gasteiger partial charge is 0.457 e. The van der Waals surface area contributed by atoms with Gasteiger partial charge in [0.1, 0.15) is 17.3 Å². The smallest absolute Gasteiger partial charge is 0.416 e. The van der Waals surface area contributed by atoms with Gasteiger partial charge in [0, 0.05) is 22.1 Å². The molecule has 200 valence electrons. The molecule has 5 nitrogen and oxygen atoms in total. The number of aliphatic hydroxyl groups excluding tert-OH is 1. The number of nitrogens with two attached hydrogens (primary N) is 1. The highest BCUT2D eigenvalue weighted by Gasteiger charge is 2.33. The summed E-state index contributed by atoms with van der Waals surface area (Å²) < 4.78 is 48.1. The van der Waals surface area contributed by atoms with E-state index in [0.717, 1.165) is 17.7 Å². The second-order valence-corrected chi connectivity index (χ2v) is 10.8. The lowest BCUT2D eigenvalue weighted by molar-refractivity contribution is -0.137. The first-order chi connectivity index (χ1) is 18.3. The molecule has 4 aromatic carbocycles. The standard InChI is InChI=1S/C31H28F3N3O2/c1-16-8-18(12-21(9-16)31(32,33)34)26-25-19(13-23-27(26)29(36)37-28(23)35)11-20(30(2,3)4)14-24(25)39-22-7-5-6-17(10-22)15-38/h5-14,38H,15H2,1-4H3,(H3,35,36,37). The number of hydrogen-bond acceptors (Lipinski definition) is 4. The molecule has 0 unspecified atom stereocenters. The summed E-state index contributed by atoms with van der Waals surface area (Å²) in [4.78, 5) is 4.15. The van der Waals surface area contributed by atoms with Crippen molar-refractivity contribution in [3.8, 4) is 22.6 Å². The normalized spacial score (nSPS) is 13.5.